The molecule has 1 aromatic rings. The number of halogens is 1. The molecule has 0 saturated heterocycles. The minimum absolute atomic E-state index is 0.323. The Bertz CT molecular complexity index is 508. The molecule has 0 aromatic heterocycles. The van der Waals surface area contributed by atoms with E-state index in [9.17, 15) is 4.79 Å². The Morgan fingerprint density at radius 1 is 1.47 bits per heavy atom. The molecule has 0 heterocycles. The van der Waals surface area contributed by atoms with E-state index in [-0.39, 0.29) is 5.97 Å². The molecule has 0 saturated carbocycles. The number of allylic oxidation sites excluding steroid dienone is 1. The lowest BCUT2D eigenvalue weighted by Crippen LogP contribution is -2.28. The van der Waals surface area contributed by atoms with Gasteiger partial charge in [0.15, 0.2) is 0 Å². The highest BCUT2D eigenvalue weighted by atomic mass is 35.5. The fourth-order valence-corrected chi connectivity index (χ4v) is 1.63. The minimum atomic E-state index is -0.864. The summed E-state index contributed by atoms with van der Waals surface area (Å²) in [5, 5.41) is 0.657. The van der Waals surface area contributed by atoms with Crippen LogP contribution in [0.5, 0.6) is 0 Å². The second-order valence-corrected chi connectivity index (χ2v) is 4.74. The summed E-state index contributed by atoms with van der Waals surface area (Å²) in [6.07, 6.45) is 2.12. The standard InChI is InChI=1S/C16H17ClO2/c1-4-11-16(3,15(18)19-5-2)12-10-13-6-8-14(17)9-7-13/h4,6-9H,1,5,11H2,2-3H3. The van der Waals surface area contributed by atoms with Gasteiger partial charge in [-0.2, -0.15) is 0 Å². The van der Waals surface area contributed by atoms with E-state index in [4.69, 9.17) is 16.3 Å². The molecule has 0 radical (unpaired) electrons. The topological polar surface area (TPSA) is 26.3 Å². The summed E-state index contributed by atoms with van der Waals surface area (Å²) in [5.74, 6) is 5.64. The lowest BCUT2D eigenvalue weighted by atomic mass is 9.87. The Hall–Kier alpha value is -1.72. The molecule has 1 unspecified atom stereocenters. The van der Waals surface area contributed by atoms with Crippen LogP contribution in [0.2, 0.25) is 5.02 Å². The second-order valence-electron chi connectivity index (χ2n) is 4.30. The van der Waals surface area contributed by atoms with Gasteiger partial charge in [0.05, 0.1) is 6.61 Å². The zero-order chi connectivity index (χ0) is 14.3. The average molecular weight is 277 g/mol. The van der Waals surface area contributed by atoms with Gasteiger partial charge in [0.2, 0.25) is 0 Å². The van der Waals surface area contributed by atoms with Crippen molar-refractivity contribution in [1.29, 1.82) is 0 Å². The van der Waals surface area contributed by atoms with Crippen LogP contribution in [0.15, 0.2) is 36.9 Å². The van der Waals surface area contributed by atoms with Crippen LogP contribution in [0, 0.1) is 17.3 Å². The molecule has 0 spiro atoms. The Balaban J connectivity index is 2.98. The van der Waals surface area contributed by atoms with Gasteiger partial charge in [-0.3, -0.25) is 4.79 Å². The van der Waals surface area contributed by atoms with Crippen molar-refractivity contribution in [3.63, 3.8) is 0 Å². The van der Waals surface area contributed by atoms with Crippen LogP contribution in [0.4, 0.5) is 0 Å². The van der Waals surface area contributed by atoms with Gasteiger partial charge >= 0.3 is 5.97 Å². The van der Waals surface area contributed by atoms with Crippen LogP contribution in [-0.4, -0.2) is 12.6 Å². The number of ether oxygens (including phenoxy) is 1. The van der Waals surface area contributed by atoms with Gasteiger partial charge < -0.3 is 4.74 Å². The molecule has 0 N–H and O–H groups in total. The van der Waals surface area contributed by atoms with Gasteiger partial charge in [-0.15, -0.1) is 6.58 Å². The van der Waals surface area contributed by atoms with Gasteiger partial charge in [0, 0.05) is 10.6 Å². The van der Waals surface area contributed by atoms with E-state index in [2.05, 4.69) is 18.4 Å². The summed E-state index contributed by atoms with van der Waals surface area (Å²) in [4.78, 5) is 11.9. The fourth-order valence-electron chi connectivity index (χ4n) is 1.51. The summed E-state index contributed by atoms with van der Waals surface area (Å²) < 4.78 is 5.06. The Labute approximate surface area is 119 Å². The summed E-state index contributed by atoms with van der Waals surface area (Å²) in [6.45, 7) is 7.54. The summed E-state index contributed by atoms with van der Waals surface area (Å²) in [6, 6.07) is 7.16. The van der Waals surface area contributed by atoms with Crippen molar-refractivity contribution >= 4 is 17.6 Å². The molecule has 0 aliphatic heterocycles. The number of carbonyl (C=O) groups is 1. The SMILES string of the molecule is C=CCC(C)(C#Cc1ccc(Cl)cc1)C(=O)OCC. The zero-order valence-electron chi connectivity index (χ0n) is 11.2. The van der Waals surface area contributed by atoms with Crippen molar-refractivity contribution in [1.82, 2.24) is 0 Å². The molecular weight excluding hydrogens is 260 g/mol. The quantitative estimate of drug-likeness (QED) is 0.474. The van der Waals surface area contributed by atoms with E-state index < -0.39 is 5.41 Å². The van der Waals surface area contributed by atoms with Crippen molar-refractivity contribution in [3.05, 3.63) is 47.5 Å². The van der Waals surface area contributed by atoms with Crippen molar-refractivity contribution in [3.8, 4) is 11.8 Å². The van der Waals surface area contributed by atoms with Crippen molar-refractivity contribution in [2.45, 2.75) is 20.3 Å². The molecule has 0 aliphatic carbocycles. The summed E-state index contributed by atoms with van der Waals surface area (Å²) >= 11 is 5.81. The third-order valence-corrected chi connectivity index (χ3v) is 2.86. The van der Waals surface area contributed by atoms with E-state index in [1.165, 1.54) is 0 Å². The largest absolute Gasteiger partial charge is 0.465 e. The second kappa shape index (κ2) is 7.01. The number of rotatable bonds is 4. The molecule has 0 aliphatic rings. The molecular formula is C16H17ClO2. The Morgan fingerprint density at radius 2 is 2.11 bits per heavy atom. The first-order valence-electron chi connectivity index (χ1n) is 6.08. The number of esters is 1. The first-order valence-corrected chi connectivity index (χ1v) is 6.46. The highest BCUT2D eigenvalue weighted by molar-refractivity contribution is 6.30. The van der Waals surface area contributed by atoms with Crippen molar-refractivity contribution in [2.24, 2.45) is 5.41 Å². The Kier molecular flexibility index (Phi) is 5.66. The summed E-state index contributed by atoms with van der Waals surface area (Å²) in [5.41, 5.74) is -0.0544. The van der Waals surface area contributed by atoms with Crippen molar-refractivity contribution in [2.75, 3.05) is 6.61 Å². The highest BCUT2D eigenvalue weighted by Gasteiger charge is 2.31. The van der Waals surface area contributed by atoms with Crippen molar-refractivity contribution < 1.29 is 9.53 Å². The van der Waals surface area contributed by atoms with E-state index in [0.29, 0.717) is 18.1 Å². The molecule has 0 amide bonds. The molecule has 3 heteroatoms. The number of hydrogen-bond donors (Lipinski definition) is 0. The number of hydrogen-bond acceptors (Lipinski definition) is 2. The normalized spacial score (nSPS) is 12.8. The third-order valence-electron chi connectivity index (χ3n) is 2.61. The number of carbonyl (C=O) groups excluding carboxylic acids is 1. The predicted octanol–water partition coefficient (Wildman–Crippen LogP) is 3.84. The molecule has 1 atom stereocenters. The third kappa shape index (κ3) is 4.46. The van der Waals surface area contributed by atoms with Crippen LogP contribution in [0.3, 0.4) is 0 Å². The smallest absolute Gasteiger partial charge is 0.324 e. The van der Waals surface area contributed by atoms with E-state index >= 15 is 0 Å². The zero-order valence-corrected chi connectivity index (χ0v) is 12.0. The highest BCUT2D eigenvalue weighted by Crippen LogP contribution is 2.23. The monoisotopic (exact) mass is 276 g/mol. The van der Waals surface area contributed by atoms with Gasteiger partial charge in [0.25, 0.3) is 0 Å². The maximum atomic E-state index is 11.9. The van der Waals surface area contributed by atoms with E-state index in [1.807, 2.05) is 12.1 Å². The lowest BCUT2D eigenvalue weighted by molar-refractivity contribution is -0.150. The van der Waals surface area contributed by atoms with Gasteiger partial charge in [0.1, 0.15) is 5.41 Å². The van der Waals surface area contributed by atoms with Crippen LogP contribution >= 0.6 is 11.6 Å². The predicted molar refractivity (Wildman–Crippen MR) is 77.9 cm³/mol. The van der Waals surface area contributed by atoms with E-state index in [0.717, 1.165) is 5.56 Å². The molecule has 0 fully saturated rings. The lowest BCUT2D eigenvalue weighted by Gasteiger charge is -2.19. The van der Waals surface area contributed by atoms with Crippen LogP contribution in [0.25, 0.3) is 0 Å². The molecule has 2 nitrogen and oxygen atoms in total. The minimum Gasteiger partial charge on any atom is -0.465 e. The van der Waals surface area contributed by atoms with E-state index in [1.54, 1.807) is 32.1 Å². The molecule has 1 rings (SSSR count). The molecule has 0 bridgehead atoms. The maximum Gasteiger partial charge on any atom is 0.324 e. The van der Waals surface area contributed by atoms with Gasteiger partial charge in [-0.05, 0) is 44.5 Å². The van der Waals surface area contributed by atoms with Crippen LogP contribution in [0.1, 0.15) is 25.8 Å². The molecule has 100 valence electrons. The van der Waals surface area contributed by atoms with Crippen LogP contribution in [-0.2, 0) is 9.53 Å². The van der Waals surface area contributed by atoms with Gasteiger partial charge in [-0.1, -0.05) is 29.5 Å². The first kappa shape index (κ1) is 15.3. The number of benzene rings is 1. The van der Waals surface area contributed by atoms with Crippen LogP contribution < -0.4 is 0 Å². The Morgan fingerprint density at radius 3 is 2.63 bits per heavy atom. The molecule has 1 aromatic carbocycles. The summed E-state index contributed by atoms with van der Waals surface area (Å²) in [7, 11) is 0. The fraction of sp³-hybridized carbons (Fsp3) is 0.312. The average Bonchev–Trinajstić information content (AvgIpc) is 2.39. The first-order chi connectivity index (χ1) is 9.01. The molecule has 19 heavy (non-hydrogen) atoms. The maximum absolute atomic E-state index is 11.9. The van der Waals surface area contributed by atoms with Gasteiger partial charge in [-0.25, -0.2) is 0 Å².